The van der Waals surface area contributed by atoms with Crippen LogP contribution in [0, 0.1) is 11.3 Å². The lowest BCUT2D eigenvalue weighted by Gasteiger charge is -2.41. The van der Waals surface area contributed by atoms with Gasteiger partial charge in [0.1, 0.15) is 0 Å². The number of benzene rings is 1. The quantitative estimate of drug-likeness (QED) is 0.845. The molecule has 1 aliphatic rings. The molecule has 0 spiro atoms. The van der Waals surface area contributed by atoms with E-state index in [4.69, 9.17) is 5.26 Å². The van der Waals surface area contributed by atoms with Crippen molar-refractivity contribution in [1.82, 2.24) is 4.90 Å². The van der Waals surface area contributed by atoms with Crippen LogP contribution in [0.25, 0.3) is 0 Å². The van der Waals surface area contributed by atoms with Gasteiger partial charge in [0.15, 0.2) is 0 Å². The third-order valence-electron chi connectivity index (χ3n) is 3.40. The molecule has 1 aliphatic heterocycles. The summed E-state index contributed by atoms with van der Waals surface area (Å²) in [6, 6.07) is 9.18. The van der Waals surface area contributed by atoms with Crippen molar-refractivity contribution in [2.24, 2.45) is 0 Å². The number of amides is 1. The number of likely N-dealkylation sites (tertiary alicyclic amines) is 1. The van der Waals surface area contributed by atoms with E-state index in [1.165, 1.54) is 0 Å². The number of carbonyl (C=O) groups is 1. The molecule has 0 radical (unpaired) electrons. The van der Waals surface area contributed by atoms with Crippen molar-refractivity contribution in [2.75, 3.05) is 13.1 Å². The van der Waals surface area contributed by atoms with Crippen molar-refractivity contribution in [3.05, 3.63) is 35.4 Å². The number of aliphatic hydroxyl groups excluding tert-OH is 1. The fourth-order valence-electron chi connectivity index (χ4n) is 2.12. The fraction of sp³-hybridized carbons (Fsp3) is 0.429. The van der Waals surface area contributed by atoms with Gasteiger partial charge < -0.3 is 10.0 Å². The number of hydrogen-bond acceptors (Lipinski definition) is 3. The van der Waals surface area contributed by atoms with Crippen LogP contribution >= 0.6 is 0 Å². The lowest BCUT2D eigenvalue weighted by Crippen LogP contribution is -2.57. The molecular formula is C14H16N2O2. The highest BCUT2D eigenvalue weighted by Crippen LogP contribution is 2.28. The summed E-state index contributed by atoms with van der Waals surface area (Å²) in [5, 5.41) is 18.1. The Morgan fingerprint density at radius 1 is 1.50 bits per heavy atom. The molecule has 1 N–H and O–H groups in total. The van der Waals surface area contributed by atoms with E-state index in [0.717, 1.165) is 5.56 Å². The zero-order valence-corrected chi connectivity index (χ0v) is 10.6. The Bertz CT molecular complexity index is 511. The van der Waals surface area contributed by atoms with Crippen LogP contribution in [0.15, 0.2) is 24.3 Å². The molecule has 4 nitrogen and oxygen atoms in total. The standard InChI is InChI=1S/C14H16N2O2/c1-14(2,13(18)16-8-12(17)9-16)11-5-3-4-10(6-11)7-15/h3-6,12,17H,8-9H2,1-2H3. The second kappa shape index (κ2) is 4.43. The van der Waals surface area contributed by atoms with E-state index in [1.54, 1.807) is 23.1 Å². The number of carbonyl (C=O) groups excluding carboxylic acids is 1. The molecule has 0 saturated carbocycles. The van der Waals surface area contributed by atoms with Gasteiger partial charge in [-0.2, -0.15) is 5.26 Å². The molecule has 1 heterocycles. The normalized spacial score (nSPS) is 16.0. The first-order chi connectivity index (χ1) is 8.45. The maximum atomic E-state index is 12.3. The molecule has 94 valence electrons. The Morgan fingerprint density at radius 3 is 2.72 bits per heavy atom. The summed E-state index contributed by atoms with van der Waals surface area (Å²) in [6.07, 6.45) is -0.393. The summed E-state index contributed by atoms with van der Waals surface area (Å²) in [7, 11) is 0. The number of hydrogen-bond donors (Lipinski definition) is 1. The van der Waals surface area contributed by atoms with Gasteiger partial charge in [0.25, 0.3) is 0 Å². The number of rotatable bonds is 2. The Morgan fingerprint density at radius 2 is 2.17 bits per heavy atom. The van der Waals surface area contributed by atoms with Crippen molar-refractivity contribution >= 4 is 5.91 Å². The van der Waals surface area contributed by atoms with E-state index in [2.05, 4.69) is 6.07 Å². The van der Waals surface area contributed by atoms with Crippen molar-refractivity contribution in [3.8, 4) is 6.07 Å². The predicted molar refractivity (Wildman–Crippen MR) is 66.8 cm³/mol. The Kier molecular flexibility index (Phi) is 3.10. The monoisotopic (exact) mass is 244 g/mol. The van der Waals surface area contributed by atoms with Gasteiger partial charge in [0.05, 0.1) is 23.2 Å². The second-order valence-electron chi connectivity index (χ2n) is 5.18. The van der Waals surface area contributed by atoms with Crippen LogP contribution in [0.2, 0.25) is 0 Å². The van der Waals surface area contributed by atoms with Gasteiger partial charge >= 0.3 is 0 Å². The molecule has 4 heteroatoms. The molecule has 1 aromatic rings. The number of β-amino-alcohol motifs (C(OH)–C–C–N with tert-alkyl or cyclic N) is 1. The third-order valence-corrected chi connectivity index (χ3v) is 3.40. The maximum Gasteiger partial charge on any atom is 0.232 e. The molecule has 0 unspecified atom stereocenters. The molecule has 1 saturated heterocycles. The zero-order chi connectivity index (χ0) is 13.3. The van der Waals surface area contributed by atoms with Gasteiger partial charge in [-0.05, 0) is 31.5 Å². The average molecular weight is 244 g/mol. The molecule has 18 heavy (non-hydrogen) atoms. The van der Waals surface area contributed by atoms with Crippen molar-refractivity contribution < 1.29 is 9.90 Å². The average Bonchev–Trinajstić information content (AvgIpc) is 2.34. The topological polar surface area (TPSA) is 64.3 Å². The van der Waals surface area contributed by atoms with Crippen LogP contribution in [-0.4, -0.2) is 35.1 Å². The van der Waals surface area contributed by atoms with Gasteiger partial charge in [-0.3, -0.25) is 4.79 Å². The van der Waals surface area contributed by atoms with Crippen molar-refractivity contribution in [1.29, 1.82) is 5.26 Å². The Labute approximate surface area is 106 Å². The highest BCUT2D eigenvalue weighted by molar-refractivity contribution is 5.88. The summed E-state index contributed by atoms with van der Waals surface area (Å²) in [4.78, 5) is 14.0. The SMILES string of the molecule is CC(C)(C(=O)N1CC(O)C1)c1cccc(C#N)c1. The van der Waals surface area contributed by atoms with Crippen molar-refractivity contribution in [2.45, 2.75) is 25.4 Å². The molecule has 0 aliphatic carbocycles. The van der Waals surface area contributed by atoms with E-state index in [-0.39, 0.29) is 5.91 Å². The van der Waals surface area contributed by atoms with Gasteiger partial charge in [-0.25, -0.2) is 0 Å². The first-order valence-corrected chi connectivity index (χ1v) is 5.93. The largest absolute Gasteiger partial charge is 0.389 e. The van der Waals surface area contributed by atoms with Crippen LogP contribution in [0.5, 0.6) is 0 Å². The van der Waals surface area contributed by atoms with Gasteiger partial charge in [-0.1, -0.05) is 12.1 Å². The van der Waals surface area contributed by atoms with Gasteiger partial charge in [-0.15, -0.1) is 0 Å². The van der Waals surface area contributed by atoms with Crippen LogP contribution in [0.4, 0.5) is 0 Å². The lowest BCUT2D eigenvalue weighted by molar-refractivity contribution is -0.146. The maximum absolute atomic E-state index is 12.3. The third kappa shape index (κ3) is 2.09. The molecule has 1 amide bonds. The lowest BCUT2D eigenvalue weighted by atomic mass is 9.81. The van der Waals surface area contributed by atoms with E-state index in [0.29, 0.717) is 18.7 Å². The second-order valence-corrected chi connectivity index (χ2v) is 5.18. The molecule has 1 aromatic carbocycles. The van der Waals surface area contributed by atoms with E-state index < -0.39 is 11.5 Å². The summed E-state index contributed by atoms with van der Waals surface area (Å²) in [6.45, 7) is 4.49. The molecule has 0 atom stereocenters. The van der Waals surface area contributed by atoms with Gasteiger partial charge in [0.2, 0.25) is 5.91 Å². The summed E-state index contributed by atoms with van der Waals surface area (Å²) < 4.78 is 0. The summed E-state index contributed by atoms with van der Waals surface area (Å²) in [5.41, 5.74) is 0.706. The summed E-state index contributed by atoms with van der Waals surface area (Å²) >= 11 is 0. The number of nitriles is 1. The van der Waals surface area contributed by atoms with Gasteiger partial charge in [0, 0.05) is 13.1 Å². The Hall–Kier alpha value is -1.86. The van der Waals surface area contributed by atoms with Crippen LogP contribution in [0.1, 0.15) is 25.0 Å². The molecule has 1 fully saturated rings. The van der Waals surface area contributed by atoms with Crippen LogP contribution in [0.3, 0.4) is 0 Å². The molecule has 2 rings (SSSR count). The smallest absolute Gasteiger partial charge is 0.232 e. The van der Waals surface area contributed by atoms with E-state index in [1.807, 2.05) is 19.9 Å². The molecule has 0 aromatic heterocycles. The van der Waals surface area contributed by atoms with Crippen LogP contribution < -0.4 is 0 Å². The highest BCUT2D eigenvalue weighted by Gasteiger charge is 2.39. The van der Waals surface area contributed by atoms with Crippen molar-refractivity contribution in [3.63, 3.8) is 0 Å². The molecule has 0 bridgehead atoms. The van der Waals surface area contributed by atoms with E-state index in [9.17, 15) is 9.90 Å². The zero-order valence-electron chi connectivity index (χ0n) is 10.6. The summed E-state index contributed by atoms with van der Waals surface area (Å²) in [5.74, 6) is -0.0112. The number of nitrogens with zero attached hydrogens (tertiary/aromatic N) is 2. The minimum atomic E-state index is -0.674. The first kappa shape index (κ1) is 12.6. The Balaban J connectivity index is 2.24. The highest BCUT2D eigenvalue weighted by atomic mass is 16.3. The fourth-order valence-corrected chi connectivity index (χ4v) is 2.12. The first-order valence-electron chi connectivity index (χ1n) is 5.93. The number of aliphatic hydroxyl groups is 1. The minimum absolute atomic E-state index is 0.0112. The minimum Gasteiger partial charge on any atom is -0.389 e. The molecular weight excluding hydrogens is 228 g/mol. The predicted octanol–water partition coefficient (Wildman–Crippen LogP) is 1.04. The van der Waals surface area contributed by atoms with E-state index >= 15 is 0 Å². The van der Waals surface area contributed by atoms with Crippen LogP contribution in [-0.2, 0) is 10.2 Å².